The van der Waals surface area contributed by atoms with Gasteiger partial charge >= 0.3 is 0 Å². The van der Waals surface area contributed by atoms with Gasteiger partial charge in [-0.3, -0.25) is 0 Å². The molecule has 0 aromatic carbocycles. The van der Waals surface area contributed by atoms with Crippen molar-refractivity contribution in [1.29, 1.82) is 0 Å². The largest absolute Gasteiger partial charge is 0.376 e. The molecule has 1 aliphatic carbocycles. The zero-order valence-corrected chi connectivity index (χ0v) is 11.1. The molecule has 1 saturated heterocycles. The molecular weight excluding hydrogens is 290 g/mol. The first kappa shape index (κ1) is 11.0. The van der Waals surface area contributed by atoms with Crippen LogP contribution >= 0.6 is 27.3 Å². The lowest BCUT2D eigenvalue weighted by atomic mass is 9.69. The van der Waals surface area contributed by atoms with Gasteiger partial charge in [0.2, 0.25) is 0 Å². The van der Waals surface area contributed by atoms with Crippen molar-refractivity contribution in [2.45, 2.75) is 31.0 Å². The maximum Gasteiger partial charge on any atom is 0.184 e. The minimum Gasteiger partial charge on any atom is -0.376 e. The number of hydrogen-bond acceptors (Lipinski definition) is 5. The van der Waals surface area contributed by atoms with Crippen molar-refractivity contribution in [1.82, 2.24) is 4.98 Å². The highest BCUT2D eigenvalue weighted by molar-refractivity contribution is 9.10. The van der Waals surface area contributed by atoms with Gasteiger partial charge in [-0.2, -0.15) is 0 Å². The van der Waals surface area contributed by atoms with Crippen molar-refractivity contribution in [2.75, 3.05) is 11.9 Å². The number of ether oxygens (including phenoxy) is 1. The van der Waals surface area contributed by atoms with Gasteiger partial charge in [-0.15, -0.1) is 11.3 Å². The summed E-state index contributed by atoms with van der Waals surface area (Å²) in [5.41, 5.74) is 6.15. The maximum atomic E-state index is 6.15. The second kappa shape index (κ2) is 4.25. The zero-order valence-electron chi connectivity index (χ0n) is 8.73. The molecule has 0 spiro atoms. The molecule has 1 aromatic rings. The van der Waals surface area contributed by atoms with Gasteiger partial charge < -0.3 is 15.8 Å². The average Bonchev–Trinajstić information content (AvgIpc) is 2.71. The van der Waals surface area contributed by atoms with Crippen LogP contribution in [-0.2, 0) is 4.74 Å². The third-order valence-corrected chi connectivity index (χ3v) is 4.93. The van der Waals surface area contributed by atoms with E-state index in [2.05, 4.69) is 26.2 Å². The van der Waals surface area contributed by atoms with Gasteiger partial charge in [0.25, 0.3) is 0 Å². The predicted molar refractivity (Wildman–Crippen MR) is 67.7 cm³/mol. The summed E-state index contributed by atoms with van der Waals surface area (Å²) in [6.45, 7) is 0.869. The lowest BCUT2D eigenvalue weighted by molar-refractivity contribution is -0.104. The number of nitrogens with one attached hydrogen (secondary N) is 1. The van der Waals surface area contributed by atoms with E-state index in [0.717, 1.165) is 22.8 Å². The summed E-state index contributed by atoms with van der Waals surface area (Å²) < 4.78 is 6.63. The van der Waals surface area contributed by atoms with Crippen LogP contribution in [0.2, 0.25) is 0 Å². The lowest BCUT2D eigenvalue weighted by Crippen LogP contribution is -2.69. The van der Waals surface area contributed by atoms with Crippen LogP contribution in [0, 0.1) is 5.92 Å². The molecule has 4 unspecified atom stereocenters. The monoisotopic (exact) mass is 303 g/mol. The molecular formula is C10H14BrN3OS. The van der Waals surface area contributed by atoms with Gasteiger partial charge in [0.05, 0.1) is 12.1 Å². The molecule has 2 aliphatic rings. The van der Waals surface area contributed by atoms with Crippen molar-refractivity contribution >= 4 is 32.4 Å². The summed E-state index contributed by atoms with van der Waals surface area (Å²) >= 11 is 4.93. The Morgan fingerprint density at radius 3 is 3.25 bits per heavy atom. The molecule has 1 saturated carbocycles. The number of nitrogens with zero attached hydrogens (tertiary/aromatic N) is 1. The number of anilines is 1. The highest BCUT2D eigenvalue weighted by atomic mass is 79.9. The molecule has 1 aliphatic heterocycles. The number of fused-ring (bicyclic) bond motifs is 1. The molecule has 3 rings (SSSR count). The Balaban J connectivity index is 1.67. The molecule has 16 heavy (non-hydrogen) atoms. The van der Waals surface area contributed by atoms with Gasteiger partial charge in [0.15, 0.2) is 5.13 Å². The lowest BCUT2D eigenvalue weighted by Gasteiger charge is -2.52. The zero-order chi connectivity index (χ0) is 11.1. The Hall–Kier alpha value is -0.170. The molecule has 6 heteroatoms. The topological polar surface area (TPSA) is 60.2 Å². The first-order valence-electron chi connectivity index (χ1n) is 5.50. The summed E-state index contributed by atoms with van der Waals surface area (Å²) in [5.74, 6) is 0.537. The Kier molecular flexibility index (Phi) is 2.91. The summed E-state index contributed by atoms with van der Waals surface area (Å²) in [7, 11) is 0. The second-order valence-electron chi connectivity index (χ2n) is 4.36. The number of hydrogen-bond donors (Lipinski definition) is 2. The van der Waals surface area contributed by atoms with Crippen LogP contribution in [0.3, 0.4) is 0 Å². The number of aromatic nitrogens is 1. The van der Waals surface area contributed by atoms with Crippen LogP contribution in [0.5, 0.6) is 0 Å². The van der Waals surface area contributed by atoms with Gasteiger partial charge in [-0.1, -0.05) is 0 Å². The highest BCUT2D eigenvalue weighted by Crippen LogP contribution is 2.39. The Labute approximate surface area is 107 Å². The van der Waals surface area contributed by atoms with E-state index in [0.29, 0.717) is 5.92 Å². The Morgan fingerprint density at radius 2 is 2.50 bits per heavy atom. The standard InChI is InChI=1S/C10H14BrN3OS/c11-6-4-16-10(13-6)14-8-7(12)5-2-1-3-15-9(5)8/h4-5,7-9H,1-3,12H2,(H,13,14). The van der Waals surface area contributed by atoms with Crippen LogP contribution < -0.4 is 11.1 Å². The Bertz CT molecular complexity index is 386. The number of thiazole rings is 1. The van der Waals surface area contributed by atoms with Crippen molar-refractivity contribution in [2.24, 2.45) is 11.7 Å². The number of halogens is 1. The number of nitrogens with two attached hydrogens (primary N) is 1. The van der Waals surface area contributed by atoms with E-state index in [1.807, 2.05) is 5.38 Å². The molecule has 88 valence electrons. The molecule has 4 atom stereocenters. The van der Waals surface area contributed by atoms with E-state index in [4.69, 9.17) is 10.5 Å². The molecule has 1 aromatic heterocycles. The van der Waals surface area contributed by atoms with Crippen LogP contribution in [0.15, 0.2) is 9.98 Å². The smallest absolute Gasteiger partial charge is 0.184 e. The molecule has 0 amide bonds. The first-order chi connectivity index (χ1) is 7.75. The van der Waals surface area contributed by atoms with Crippen molar-refractivity contribution in [3.8, 4) is 0 Å². The van der Waals surface area contributed by atoms with Gasteiger partial charge in [-0.05, 0) is 28.8 Å². The van der Waals surface area contributed by atoms with E-state index in [9.17, 15) is 0 Å². The second-order valence-corrected chi connectivity index (χ2v) is 6.03. The molecule has 4 nitrogen and oxygen atoms in total. The van der Waals surface area contributed by atoms with Crippen LogP contribution in [0.4, 0.5) is 5.13 Å². The quantitative estimate of drug-likeness (QED) is 0.875. The fraction of sp³-hybridized carbons (Fsp3) is 0.700. The minimum atomic E-state index is 0.202. The van der Waals surface area contributed by atoms with Crippen molar-refractivity contribution in [3.63, 3.8) is 0 Å². The molecule has 2 fully saturated rings. The van der Waals surface area contributed by atoms with Crippen molar-refractivity contribution < 1.29 is 4.74 Å². The SMILES string of the molecule is NC1C2CCCOC2C1Nc1nc(Br)cs1. The van der Waals surface area contributed by atoms with Crippen molar-refractivity contribution in [3.05, 3.63) is 9.98 Å². The summed E-state index contributed by atoms with van der Waals surface area (Å²) in [6.07, 6.45) is 2.63. The number of rotatable bonds is 2. The fourth-order valence-corrected chi connectivity index (χ4v) is 3.78. The molecule has 0 radical (unpaired) electrons. The summed E-state index contributed by atoms with van der Waals surface area (Å²) in [6, 6.07) is 0.427. The van der Waals surface area contributed by atoms with E-state index < -0.39 is 0 Å². The van der Waals surface area contributed by atoms with Gasteiger partial charge in [-0.25, -0.2) is 4.98 Å². The highest BCUT2D eigenvalue weighted by Gasteiger charge is 2.50. The van der Waals surface area contributed by atoms with Gasteiger partial charge in [0.1, 0.15) is 4.60 Å². The van der Waals surface area contributed by atoms with E-state index in [1.165, 1.54) is 6.42 Å². The maximum absolute atomic E-state index is 6.15. The molecule has 3 N–H and O–H groups in total. The Morgan fingerprint density at radius 1 is 1.62 bits per heavy atom. The summed E-state index contributed by atoms with van der Waals surface area (Å²) in [5, 5.41) is 6.26. The third-order valence-electron chi connectivity index (χ3n) is 3.44. The molecule has 0 bridgehead atoms. The van der Waals surface area contributed by atoms with E-state index >= 15 is 0 Å². The van der Waals surface area contributed by atoms with E-state index in [1.54, 1.807) is 11.3 Å². The predicted octanol–water partition coefficient (Wildman–Crippen LogP) is 1.82. The average molecular weight is 304 g/mol. The molecule has 2 heterocycles. The first-order valence-corrected chi connectivity index (χ1v) is 7.18. The van der Waals surface area contributed by atoms with Gasteiger partial charge in [0, 0.05) is 23.9 Å². The van der Waals surface area contributed by atoms with Crippen LogP contribution in [0.25, 0.3) is 0 Å². The van der Waals surface area contributed by atoms with Crippen LogP contribution in [0.1, 0.15) is 12.8 Å². The third kappa shape index (κ3) is 1.77. The fourth-order valence-electron chi connectivity index (χ4n) is 2.59. The summed E-state index contributed by atoms with van der Waals surface area (Å²) in [4.78, 5) is 4.32. The van der Waals surface area contributed by atoms with Crippen LogP contribution in [-0.4, -0.2) is 29.8 Å². The van der Waals surface area contributed by atoms with E-state index in [-0.39, 0.29) is 18.2 Å². The minimum absolute atomic E-state index is 0.202. The normalized spacial score (nSPS) is 37.6.